The maximum atomic E-state index is 10.2. The van der Waals surface area contributed by atoms with Crippen LogP contribution in [0.3, 0.4) is 0 Å². The molecule has 1 fully saturated rings. The van der Waals surface area contributed by atoms with Crippen LogP contribution in [0.1, 0.15) is 6.92 Å². The van der Waals surface area contributed by atoms with Crippen molar-refractivity contribution in [2.45, 2.75) is 19.1 Å². The number of hydrogen-bond donors (Lipinski definition) is 1. The van der Waals surface area contributed by atoms with Gasteiger partial charge in [-0.2, -0.15) is 0 Å². The lowest BCUT2D eigenvalue weighted by molar-refractivity contribution is -0.0360. The van der Waals surface area contributed by atoms with Crippen LogP contribution in [-0.2, 0) is 4.74 Å². The largest absolute Gasteiger partial charge is 0.490 e. The van der Waals surface area contributed by atoms with Crippen molar-refractivity contribution >= 4 is 10.8 Å². The van der Waals surface area contributed by atoms with Crippen LogP contribution < -0.4 is 4.74 Å². The Hall–Kier alpha value is -1.62. The molecule has 0 radical (unpaired) electrons. The molecule has 1 heterocycles. The van der Waals surface area contributed by atoms with Crippen LogP contribution >= 0.6 is 0 Å². The minimum atomic E-state index is -0.496. The SMILES string of the molecule is CC1CN(CC(O)COc2cccc3ccccc23)CCO1. The van der Waals surface area contributed by atoms with Gasteiger partial charge in [0.05, 0.1) is 12.7 Å². The van der Waals surface area contributed by atoms with Gasteiger partial charge in [0, 0.05) is 25.0 Å². The van der Waals surface area contributed by atoms with E-state index in [-0.39, 0.29) is 6.10 Å². The van der Waals surface area contributed by atoms with Crippen molar-refractivity contribution in [1.29, 1.82) is 0 Å². The van der Waals surface area contributed by atoms with Gasteiger partial charge in [-0.15, -0.1) is 0 Å². The quantitative estimate of drug-likeness (QED) is 0.920. The third-order valence-electron chi connectivity index (χ3n) is 3.97. The van der Waals surface area contributed by atoms with Gasteiger partial charge < -0.3 is 14.6 Å². The first-order chi connectivity index (χ1) is 10.7. The Kier molecular flexibility index (Phi) is 4.93. The molecule has 1 N–H and O–H groups in total. The van der Waals surface area contributed by atoms with Gasteiger partial charge in [0.15, 0.2) is 0 Å². The zero-order valence-corrected chi connectivity index (χ0v) is 12.9. The van der Waals surface area contributed by atoms with E-state index in [1.807, 2.05) is 30.3 Å². The van der Waals surface area contributed by atoms with Gasteiger partial charge in [-0.05, 0) is 18.4 Å². The second kappa shape index (κ2) is 7.09. The van der Waals surface area contributed by atoms with Crippen molar-refractivity contribution in [3.8, 4) is 5.75 Å². The first kappa shape index (κ1) is 15.3. The summed E-state index contributed by atoms with van der Waals surface area (Å²) in [6.45, 7) is 5.46. The average molecular weight is 301 g/mol. The molecule has 3 rings (SSSR count). The first-order valence-electron chi connectivity index (χ1n) is 7.85. The number of aliphatic hydroxyl groups excluding tert-OH is 1. The minimum absolute atomic E-state index is 0.236. The van der Waals surface area contributed by atoms with Crippen molar-refractivity contribution < 1.29 is 14.6 Å². The van der Waals surface area contributed by atoms with Crippen molar-refractivity contribution in [1.82, 2.24) is 4.90 Å². The Labute approximate surface area is 131 Å². The summed E-state index contributed by atoms with van der Waals surface area (Å²) in [4.78, 5) is 2.23. The fourth-order valence-electron chi connectivity index (χ4n) is 2.91. The predicted octanol–water partition coefficient (Wildman–Crippen LogP) is 2.30. The van der Waals surface area contributed by atoms with E-state index in [9.17, 15) is 5.11 Å². The number of ether oxygens (including phenoxy) is 2. The van der Waals surface area contributed by atoms with Crippen LogP contribution in [0, 0.1) is 0 Å². The van der Waals surface area contributed by atoms with Crippen molar-refractivity contribution in [3.05, 3.63) is 42.5 Å². The molecule has 2 aromatic carbocycles. The highest BCUT2D eigenvalue weighted by molar-refractivity contribution is 5.88. The summed E-state index contributed by atoms with van der Waals surface area (Å²) < 4.78 is 11.4. The number of rotatable bonds is 5. The number of aliphatic hydroxyl groups is 1. The van der Waals surface area contributed by atoms with E-state index in [0.29, 0.717) is 13.2 Å². The number of nitrogens with zero attached hydrogens (tertiary/aromatic N) is 1. The first-order valence-corrected chi connectivity index (χ1v) is 7.85. The zero-order chi connectivity index (χ0) is 15.4. The molecule has 2 aromatic rings. The van der Waals surface area contributed by atoms with Crippen LogP contribution in [0.4, 0.5) is 0 Å². The Bertz CT molecular complexity index is 611. The van der Waals surface area contributed by atoms with E-state index < -0.39 is 6.10 Å². The maximum Gasteiger partial charge on any atom is 0.127 e. The number of benzene rings is 2. The van der Waals surface area contributed by atoms with Crippen LogP contribution in [0.2, 0.25) is 0 Å². The molecule has 0 spiro atoms. The molecule has 1 saturated heterocycles. The molecule has 0 saturated carbocycles. The topological polar surface area (TPSA) is 41.9 Å². The highest BCUT2D eigenvalue weighted by Gasteiger charge is 2.19. The van der Waals surface area contributed by atoms with Crippen LogP contribution in [0.25, 0.3) is 10.8 Å². The average Bonchev–Trinajstić information content (AvgIpc) is 2.53. The molecule has 2 unspecified atom stereocenters. The third kappa shape index (κ3) is 3.77. The fraction of sp³-hybridized carbons (Fsp3) is 0.444. The predicted molar refractivity (Wildman–Crippen MR) is 87.3 cm³/mol. The molecule has 118 valence electrons. The fourth-order valence-corrected chi connectivity index (χ4v) is 2.91. The van der Waals surface area contributed by atoms with Gasteiger partial charge in [-0.3, -0.25) is 4.90 Å². The standard InChI is InChI=1S/C18H23NO3/c1-14-11-19(9-10-21-14)12-16(20)13-22-18-8-4-6-15-5-2-3-7-17(15)18/h2-8,14,16,20H,9-13H2,1H3. The van der Waals surface area contributed by atoms with Gasteiger partial charge in [-0.1, -0.05) is 36.4 Å². The van der Waals surface area contributed by atoms with Crippen LogP contribution in [-0.4, -0.2) is 55.1 Å². The Balaban J connectivity index is 1.57. The lowest BCUT2D eigenvalue weighted by Gasteiger charge is -2.32. The molecule has 1 aliphatic rings. The molecule has 0 amide bonds. The number of morpholine rings is 1. The summed E-state index contributed by atoms with van der Waals surface area (Å²) in [5, 5.41) is 12.4. The summed E-state index contributed by atoms with van der Waals surface area (Å²) in [6, 6.07) is 14.1. The highest BCUT2D eigenvalue weighted by Crippen LogP contribution is 2.25. The second-order valence-corrected chi connectivity index (χ2v) is 5.88. The summed E-state index contributed by atoms with van der Waals surface area (Å²) in [6.07, 6.45) is -0.260. The lowest BCUT2D eigenvalue weighted by atomic mass is 10.1. The molecular weight excluding hydrogens is 278 g/mol. The van der Waals surface area contributed by atoms with Gasteiger partial charge in [0.2, 0.25) is 0 Å². The highest BCUT2D eigenvalue weighted by atomic mass is 16.5. The van der Waals surface area contributed by atoms with E-state index >= 15 is 0 Å². The molecule has 4 heteroatoms. The second-order valence-electron chi connectivity index (χ2n) is 5.88. The number of fused-ring (bicyclic) bond motifs is 1. The Morgan fingerprint density at radius 1 is 1.27 bits per heavy atom. The van der Waals surface area contributed by atoms with E-state index in [1.165, 1.54) is 0 Å². The van der Waals surface area contributed by atoms with E-state index in [4.69, 9.17) is 9.47 Å². The van der Waals surface area contributed by atoms with Crippen molar-refractivity contribution in [3.63, 3.8) is 0 Å². The molecule has 0 aliphatic carbocycles. The van der Waals surface area contributed by atoms with Gasteiger partial charge in [-0.25, -0.2) is 0 Å². The van der Waals surface area contributed by atoms with E-state index in [1.54, 1.807) is 0 Å². The van der Waals surface area contributed by atoms with E-state index in [0.717, 1.165) is 36.2 Å². The molecule has 4 nitrogen and oxygen atoms in total. The molecule has 1 aliphatic heterocycles. The Morgan fingerprint density at radius 3 is 2.95 bits per heavy atom. The minimum Gasteiger partial charge on any atom is -0.490 e. The van der Waals surface area contributed by atoms with E-state index in [2.05, 4.69) is 24.0 Å². The summed E-state index contributed by atoms with van der Waals surface area (Å²) in [5.74, 6) is 0.826. The normalized spacial score (nSPS) is 20.9. The maximum absolute atomic E-state index is 10.2. The number of β-amino-alcohol motifs (C(OH)–C–C–N with tert-alkyl or cyclic N) is 1. The van der Waals surface area contributed by atoms with Crippen LogP contribution in [0.5, 0.6) is 5.75 Å². The molecule has 22 heavy (non-hydrogen) atoms. The van der Waals surface area contributed by atoms with Gasteiger partial charge in [0.25, 0.3) is 0 Å². The summed E-state index contributed by atoms with van der Waals surface area (Å²) >= 11 is 0. The summed E-state index contributed by atoms with van der Waals surface area (Å²) in [7, 11) is 0. The molecule has 0 bridgehead atoms. The van der Waals surface area contributed by atoms with Gasteiger partial charge in [0.1, 0.15) is 18.5 Å². The lowest BCUT2D eigenvalue weighted by Crippen LogP contribution is -2.45. The zero-order valence-electron chi connectivity index (χ0n) is 12.9. The Morgan fingerprint density at radius 2 is 2.09 bits per heavy atom. The number of hydrogen-bond acceptors (Lipinski definition) is 4. The van der Waals surface area contributed by atoms with Gasteiger partial charge >= 0.3 is 0 Å². The monoisotopic (exact) mass is 301 g/mol. The molecule has 2 atom stereocenters. The van der Waals surface area contributed by atoms with Crippen LogP contribution in [0.15, 0.2) is 42.5 Å². The summed E-state index contributed by atoms with van der Waals surface area (Å²) in [5.41, 5.74) is 0. The smallest absolute Gasteiger partial charge is 0.127 e. The van der Waals surface area contributed by atoms with Crippen molar-refractivity contribution in [2.24, 2.45) is 0 Å². The third-order valence-corrected chi connectivity index (χ3v) is 3.97. The molecular formula is C18H23NO3. The molecule has 0 aromatic heterocycles. The van der Waals surface area contributed by atoms with Crippen molar-refractivity contribution in [2.75, 3.05) is 32.8 Å².